The van der Waals surface area contributed by atoms with Gasteiger partial charge in [-0.05, 0) is 12.0 Å². The summed E-state index contributed by atoms with van der Waals surface area (Å²) >= 11 is 0. The second kappa shape index (κ2) is 5.93. The Bertz CT molecular complexity index is 497. The quantitative estimate of drug-likeness (QED) is 0.852. The summed E-state index contributed by atoms with van der Waals surface area (Å²) in [5.41, 5.74) is 0.668. The van der Waals surface area contributed by atoms with E-state index in [4.69, 9.17) is 0 Å². The van der Waals surface area contributed by atoms with Crippen LogP contribution in [-0.4, -0.2) is 5.11 Å². The third-order valence-electron chi connectivity index (χ3n) is 3.11. The zero-order chi connectivity index (χ0) is 13.7. The zero-order valence-electron chi connectivity index (χ0n) is 10.5. The molecule has 3 heteroatoms. The summed E-state index contributed by atoms with van der Waals surface area (Å²) < 4.78 is 27.8. The van der Waals surface area contributed by atoms with Gasteiger partial charge in [0.25, 0.3) is 5.92 Å². The fraction of sp³-hybridized carbons (Fsp3) is 0.250. The van der Waals surface area contributed by atoms with Crippen molar-refractivity contribution in [1.82, 2.24) is 0 Å². The lowest BCUT2D eigenvalue weighted by Crippen LogP contribution is -2.14. The molecular formula is C16H16F2O. The molecule has 0 aromatic heterocycles. The molecule has 0 aliphatic rings. The van der Waals surface area contributed by atoms with Crippen LogP contribution in [0.2, 0.25) is 0 Å². The highest BCUT2D eigenvalue weighted by molar-refractivity contribution is 5.21. The lowest BCUT2D eigenvalue weighted by atomic mass is 9.98. The standard InChI is InChI=1S/C16H16F2O/c17-16(18,14-9-5-2-6-10-14)12-11-15(19)13-7-3-1-4-8-13/h1-10,15,19H,11-12H2. The van der Waals surface area contributed by atoms with Crippen LogP contribution in [0, 0.1) is 0 Å². The zero-order valence-corrected chi connectivity index (χ0v) is 10.5. The van der Waals surface area contributed by atoms with E-state index in [0.29, 0.717) is 5.56 Å². The number of rotatable bonds is 5. The normalized spacial score (nSPS) is 13.2. The topological polar surface area (TPSA) is 20.2 Å². The van der Waals surface area contributed by atoms with E-state index in [1.807, 2.05) is 6.07 Å². The molecule has 0 radical (unpaired) electrons. The second-order valence-corrected chi connectivity index (χ2v) is 4.54. The Morgan fingerprint density at radius 2 is 1.42 bits per heavy atom. The van der Waals surface area contributed by atoms with Gasteiger partial charge in [-0.3, -0.25) is 0 Å². The number of aliphatic hydroxyl groups is 1. The van der Waals surface area contributed by atoms with Crippen molar-refractivity contribution < 1.29 is 13.9 Å². The molecule has 0 aliphatic carbocycles. The van der Waals surface area contributed by atoms with Gasteiger partial charge in [0.15, 0.2) is 0 Å². The van der Waals surface area contributed by atoms with Crippen LogP contribution < -0.4 is 0 Å². The molecule has 1 nitrogen and oxygen atoms in total. The van der Waals surface area contributed by atoms with Crippen molar-refractivity contribution in [3.8, 4) is 0 Å². The first-order valence-electron chi connectivity index (χ1n) is 6.26. The van der Waals surface area contributed by atoms with E-state index in [2.05, 4.69) is 0 Å². The van der Waals surface area contributed by atoms with Gasteiger partial charge in [-0.25, -0.2) is 8.78 Å². The summed E-state index contributed by atoms with van der Waals surface area (Å²) in [6.07, 6.45) is -1.19. The molecule has 19 heavy (non-hydrogen) atoms. The molecule has 0 saturated carbocycles. The van der Waals surface area contributed by atoms with Crippen LogP contribution in [-0.2, 0) is 5.92 Å². The van der Waals surface area contributed by atoms with Gasteiger partial charge in [0.1, 0.15) is 0 Å². The minimum Gasteiger partial charge on any atom is -0.388 e. The molecule has 0 spiro atoms. The minimum atomic E-state index is -2.91. The number of hydrogen-bond donors (Lipinski definition) is 1. The van der Waals surface area contributed by atoms with Crippen molar-refractivity contribution in [3.05, 3.63) is 71.8 Å². The maximum atomic E-state index is 13.9. The molecule has 0 saturated heterocycles. The van der Waals surface area contributed by atoms with Crippen molar-refractivity contribution >= 4 is 0 Å². The predicted molar refractivity (Wildman–Crippen MR) is 71.0 cm³/mol. The molecule has 100 valence electrons. The highest BCUT2D eigenvalue weighted by Crippen LogP contribution is 2.35. The van der Waals surface area contributed by atoms with E-state index in [1.54, 1.807) is 42.5 Å². The van der Waals surface area contributed by atoms with Gasteiger partial charge in [0.05, 0.1) is 6.10 Å². The Kier molecular flexibility index (Phi) is 4.27. The van der Waals surface area contributed by atoms with Crippen LogP contribution in [0.3, 0.4) is 0 Å². The van der Waals surface area contributed by atoms with Crippen LogP contribution in [0.15, 0.2) is 60.7 Å². The average molecular weight is 262 g/mol. The largest absolute Gasteiger partial charge is 0.388 e. The van der Waals surface area contributed by atoms with E-state index in [9.17, 15) is 13.9 Å². The summed E-state index contributed by atoms with van der Waals surface area (Å²) in [5, 5.41) is 9.90. The van der Waals surface area contributed by atoms with Crippen LogP contribution in [0.4, 0.5) is 8.78 Å². The SMILES string of the molecule is OC(CCC(F)(F)c1ccccc1)c1ccccc1. The molecule has 0 aliphatic heterocycles. The maximum Gasteiger partial charge on any atom is 0.273 e. The van der Waals surface area contributed by atoms with E-state index >= 15 is 0 Å². The van der Waals surface area contributed by atoms with Crippen molar-refractivity contribution in [1.29, 1.82) is 0 Å². The summed E-state index contributed by atoms with van der Waals surface area (Å²) in [7, 11) is 0. The number of alkyl halides is 2. The Balaban J connectivity index is 1.99. The smallest absolute Gasteiger partial charge is 0.273 e. The molecular weight excluding hydrogens is 246 g/mol. The highest BCUT2D eigenvalue weighted by Gasteiger charge is 2.31. The fourth-order valence-corrected chi connectivity index (χ4v) is 1.99. The summed E-state index contributed by atoms with van der Waals surface area (Å²) in [6, 6.07) is 16.6. The Labute approximate surface area is 111 Å². The van der Waals surface area contributed by atoms with Gasteiger partial charge in [0, 0.05) is 12.0 Å². The second-order valence-electron chi connectivity index (χ2n) is 4.54. The van der Waals surface area contributed by atoms with Crippen LogP contribution in [0.5, 0.6) is 0 Å². The van der Waals surface area contributed by atoms with E-state index < -0.39 is 12.0 Å². The highest BCUT2D eigenvalue weighted by atomic mass is 19.3. The van der Waals surface area contributed by atoms with Crippen LogP contribution in [0.25, 0.3) is 0 Å². The molecule has 1 N–H and O–H groups in total. The number of aliphatic hydroxyl groups excluding tert-OH is 1. The van der Waals surface area contributed by atoms with E-state index in [-0.39, 0.29) is 18.4 Å². The minimum absolute atomic E-state index is 0.00439. The van der Waals surface area contributed by atoms with Crippen molar-refractivity contribution in [3.63, 3.8) is 0 Å². The Morgan fingerprint density at radius 1 is 0.895 bits per heavy atom. The van der Waals surface area contributed by atoms with Crippen molar-refractivity contribution in [2.45, 2.75) is 24.9 Å². The van der Waals surface area contributed by atoms with Gasteiger partial charge in [-0.15, -0.1) is 0 Å². The number of halogens is 2. The van der Waals surface area contributed by atoms with Gasteiger partial charge in [-0.2, -0.15) is 0 Å². The molecule has 0 fully saturated rings. The predicted octanol–water partition coefficient (Wildman–Crippen LogP) is 4.29. The third kappa shape index (κ3) is 3.61. The first kappa shape index (κ1) is 13.7. The van der Waals surface area contributed by atoms with Gasteiger partial charge in [-0.1, -0.05) is 60.7 Å². The Hall–Kier alpha value is -1.74. The Morgan fingerprint density at radius 3 is 2.00 bits per heavy atom. The van der Waals surface area contributed by atoms with Gasteiger partial charge >= 0.3 is 0 Å². The molecule has 2 aromatic carbocycles. The van der Waals surface area contributed by atoms with Gasteiger partial charge in [0.2, 0.25) is 0 Å². The van der Waals surface area contributed by atoms with Crippen molar-refractivity contribution in [2.75, 3.05) is 0 Å². The molecule has 0 bridgehead atoms. The maximum absolute atomic E-state index is 13.9. The summed E-state index contributed by atoms with van der Waals surface area (Å²) in [6.45, 7) is 0. The van der Waals surface area contributed by atoms with Crippen molar-refractivity contribution in [2.24, 2.45) is 0 Å². The molecule has 2 aromatic rings. The molecule has 1 atom stereocenters. The molecule has 1 unspecified atom stereocenters. The fourth-order valence-electron chi connectivity index (χ4n) is 1.99. The molecule has 0 amide bonds. The molecule has 0 heterocycles. The van der Waals surface area contributed by atoms with E-state index in [0.717, 1.165) is 0 Å². The lowest BCUT2D eigenvalue weighted by molar-refractivity contribution is -0.0264. The van der Waals surface area contributed by atoms with E-state index in [1.165, 1.54) is 12.1 Å². The monoisotopic (exact) mass is 262 g/mol. The average Bonchev–Trinajstić information content (AvgIpc) is 2.47. The lowest BCUT2D eigenvalue weighted by Gasteiger charge is -2.19. The van der Waals surface area contributed by atoms with Crippen LogP contribution in [0.1, 0.15) is 30.1 Å². The van der Waals surface area contributed by atoms with Crippen LogP contribution >= 0.6 is 0 Å². The molecule has 2 rings (SSSR count). The van der Waals surface area contributed by atoms with Gasteiger partial charge < -0.3 is 5.11 Å². The first-order valence-corrected chi connectivity index (χ1v) is 6.26. The number of benzene rings is 2. The first-order chi connectivity index (χ1) is 9.09. The summed E-state index contributed by atoms with van der Waals surface area (Å²) in [5.74, 6) is -2.91. The number of hydrogen-bond acceptors (Lipinski definition) is 1. The summed E-state index contributed by atoms with van der Waals surface area (Å²) in [4.78, 5) is 0. The third-order valence-corrected chi connectivity index (χ3v) is 3.11.